The zero-order chi connectivity index (χ0) is 24.5. The van der Waals surface area contributed by atoms with Crippen molar-refractivity contribution in [2.75, 3.05) is 18.4 Å². The molecule has 2 aromatic carbocycles. The van der Waals surface area contributed by atoms with Gasteiger partial charge in [-0.2, -0.15) is 0 Å². The summed E-state index contributed by atoms with van der Waals surface area (Å²) in [6.45, 7) is 3.22. The predicted molar refractivity (Wildman–Crippen MR) is 125 cm³/mol. The van der Waals surface area contributed by atoms with Gasteiger partial charge in [-0.25, -0.2) is 13.8 Å². The maximum atomic E-state index is 13.8. The van der Waals surface area contributed by atoms with Gasteiger partial charge in [0.15, 0.2) is 5.69 Å². The lowest BCUT2D eigenvalue weighted by molar-refractivity contribution is -0.121. The minimum atomic E-state index is -0.361. The van der Waals surface area contributed by atoms with Crippen molar-refractivity contribution < 1.29 is 23.1 Å². The first-order valence-corrected chi connectivity index (χ1v) is 11.7. The van der Waals surface area contributed by atoms with Gasteiger partial charge in [0.05, 0.1) is 25.2 Å². The van der Waals surface area contributed by atoms with Gasteiger partial charge in [0, 0.05) is 30.3 Å². The molecule has 1 N–H and O–H groups in total. The molecule has 0 aliphatic carbocycles. The Bertz CT molecular complexity index is 1250. The van der Waals surface area contributed by atoms with Gasteiger partial charge in [-0.15, -0.1) is 0 Å². The molecule has 1 aromatic heterocycles. The summed E-state index contributed by atoms with van der Waals surface area (Å²) in [4.78, 5) is 32.0. The number of amides is 2. The number of ether oxygens (including phenoxy) is 1. The molecule has 5 rings (SSSR count). The first-order valence-electron chi connectivity index (χ1n) is 11.7. The average Bonchev–Trinajstić information content (AvgIpc) is 3.30. The van der Waals surface area contributed by atoms with E-state index in [4.69, 9.17) is 4.74 Å². The molecule has 7 nitrogen and oxygen atoms in total. The van der Waals surface area contributed by atoms with E-state index < -0.39 is 0 Å². The molecule has 3 aromatic rings. The van der Waals surface area contributed by atoms with E-state index in [0.717, 1.165) is 11.3 Å². The second kappa shape index (κ2) is 9.58. The molecule has 2 aliphatic rings. The summed E-state index contributed by atoms with van der Waals surface area (Å²) in [6.07, 6.45) is 2.44. The number of piperidine rings is 1. The Labute approximate surface area is 201 Å². The third kappa shape index (κ3) is 4.68. The number of anilines is 1. The molecule has 0 spiro atoms. The van der Waals surface area contributed by atoms with Crippen LogP contribution in [0.15, 0.2) is 48.8 Å². The quantitative estimate of drug-likeness (QED) is 0.606. The zero-order valence-corrected chi connectivity index (χ0v) is 19.3. The minimum absolute atomic E-state index is 0.162. The number of carbonyl (C=O) groups excluding carboxylic acids is 2. The van der Waals surface area contributed by atoms with Gasteiger partial charge in [0.1, 0.15) is 17.7 Å². The fraction of sp³-hybridized carbons (Fsp3) is 0.346. The smallest absolute Gasteiger partial charge is 0.274 e. The molecule has 0 bridgehead atoms. The Kier molecular flexibility index (Phi) is 6.34. The van der Waals surface area contributed by atoms with Crippen LogP contribution in [0.3, 0.4) is 0 Å². The van der Waals surface area contributed by atoms with E-state index in [1.165, 1.54) is 18.2 Å². The van der Waals surface area contributed by atoms with Crippen LogP contribution < -0.4 is 5.32 Å². The van der Waals surface area contributed by atoms with Gasteiger partial charge in [-0.05, 0) is 49.6 Å². The SMILES string of the molecule is Cc1c(F)cccc1NC(=O)C1CCN(C(=O)c2ncn3c2COC(c2ccc(F)cc2)C3)CC1. The Balaban J connectivity index is 1.19. The highest BCUT2D eigenvalue weighted by Crippen LogP contribution is 2.29. The molecule has 0 saturated carbocycles. The third-order valence-corrected chi connectivity index (χ3v) is 6.85. The van der Waals surface area contributed by atoms with Gasteiger partial charge in [-0.1, -0.05) is 18.2 Å². The molecular weight excluding hydrogens is 454 g/mol. The predicted octanol–water partition coefficient (Wildman–Crippen LogP) is 4.23. The maximum Gasteiger partial charge on any atom is 0.274 e. The summed E-state index contributed by atoms with van der Waals surface area (Å²) in [5, 5.41) is 2.82. The number of halogens is 2. The molecule has 35 heavy (non-hydrogen) atoms. The molecule has 3 heterocycles. The molecule has 1 atom stereocenters. The Morgan fingerprint density at radius 1 is 1.09 bits per heavy atom. The van der Waals surface area contributed by atoms with Crippen LogP contribution in [-0.2, 0) is 22.7 Å². The number of hydrogen-bond acceptors (Lipinski definition) is 4. The number of carbonyl (C=O) groups is 2. The highest BCUT2D eigenvalue weighted by atomic mass is 19.1. The fourth-order valence-corrected chi connectivity index (χ4v) is 4.66. The molecule has 0 radical (unpaired) electrons. The van der Waals surface area contributed by atoms with Gasteiger partial charge in [0.25, 0.3) is 5.91 Å². The number of imidazole rings is 1. The molecule has 2 aliphatic heterocycles. The van der Waals surface area contributed by atoms with Crippen LogP contribution in [-0.4, -0.2) is 39.4 Å². The first kappa shape index (κ1) is 23.2. The van der Waals surface area contributed by atoms with Crippen molar-refractivity contribution in [1.82, 2.24) is 14.5 Å². The number of hydrogen-bond donors (Lipinski definition) is 1. The Morgan fingerprint density at radius 2 is 1.83 bits per heavy atom. The summed E-state index contributed by atoms with van der Waals surface area (Å²) >= 11 is 0. The van der Waals surface area contributed by atoms with Crippen LogP contribution in [0, 0.1) is 24.5 Å². The van der Waals surface area contributed by atoms with Crippen LogP contribution in [0.2, 0.25) is 0 Å². The number of nitrogens with one attached hydrogen (secondary N) is 1. The molecule has 1 fully saturated rings. The van der Waals surface area contributed by atoms with E-state index in [9.17, 15) is 18.4 Å². The summed E-state index contributed by atoms with van der Waals surface area (Å²) in [5.41, 5.74) is 2.82. The van der Waals surface area contributed by atoms with Crippen LogP contribution in [0.5, 0.6) is 0 Å². The van der Waals surface area contributed by atoms with Crippen LogP contribution in [0.4, 0.5) is 14.5 Å². The van der Waals surface area contributed by atoms with Crippen LogP contribution in [0.1, 0.15) is 46.3 Å². The highest BCUT2D eigenvalue weighted by Gasteiger charge is 2.32. The van der Waals surface area contributed by atoms with Crippen LogP contribution in [0.25, 0.3) is 0 Å². The number of likely N-dealkylation sites (tertiary alicyclic amines) is 1. The number of nitrogens with zero attached hydrogens (tertiary/aromatic N) is 3. The normalized spacial score (nSPS) is 18.3. The largest absolute Gasteiger partial charge is 0.365 e. The molecule has 9 heteroatoms. The molecule has 1 saturated heterocycles. The van der Waals surface area contributed by atoms with Crippen molar-refractivity contribution in [3.05, 3.63) is 82.9 Å². The summed E-state index contributed by atoms with van der Waals surface area (Å²) in [5.74, 6) is -1.25. The maximum absolute atomic E-state index is 13.8. The Morgan fingerprint density at radius 3 is 2.57 bits per heavy atom. The Hall–Kier alpha value is -3.59. The fourth-order valence-electron chi connectivity index (χ4n) is 4.66. The third-order valence-electron chi connectivity index (χ3n) is 6.85. The van der Waals surface area contributed by atoms with E-state index in [1.807, 2.05) is 4.57 Å². The standard InChI is InChI=1S/C26H26F2N4O3/c1-16-20(28)3-2-4-21(16)30-25(33)18-9-11-31(12-10-18)26(34)24-22-14-35-23(13-32(22)15-29-24)17-5-7-19(27)8-6-17/h2-8,15,18,23H,9-14H2,1H3,(H,30,33). The molecule has 1 unspecified atom stereocenters. The van der Waals surface area contributed by atoms with Crippen molar-refractivity contribution in [1.29, 1.82) is 0 Å². The van der Waals surface area contributed by atoms with E-state index in [-0.39, 0.29) is 42.1 Å². The summed E-state index contributed by atoms with van der Waals surface area (Å²) in [7, 11) is 0. The first-order chi connectivity index (χ1) is 16.9. The van der Waals surface area contributed by atoms with Gasteiger partial charge < -0.3 is 19.5 Å². The van der Waals surface area contributed by atoms with E-state index >= 15 is 0 Å². The second-order valence-electron chi connectivity index (χ2n) is 9.01. The lowest BCUT2D eigenvalue weighted by Gasteiger charge is -2.31. The number of aromatic nitrogens is 2. The van der Waals surface area contributed by atoms with Crippen LogP contribution >= 0.6 is 0 Å². The minimum Gasteiger partial charge on any atom is -0.365 e. The molecule has 182 valence electrons. The van der Waals surface area contributed by atoms with Gasteiger partial charge in [-0.3, -0.25) is 9.59 Å². The molecular formula is C26H26F2N4O3. The van der Waals surface area contributed by atoms with Crippen molar-refractivity contribution in [3.8, 4) is 0 Å². The van der Waals surface area contributed by atoms with Crippen molar-refractivity contribution in [3.63, 3.8) is 0 Å². The monoisotopic (exact) mass is 480 g/mol. The average molecular weight is 481 g/mol. The van der Waals surface area contributed by atoms with Crippen molar-refractivity contribution >= 4 is 17.5 Å². The topological polar surface area (TPSA) is 76.5 Å². The zero-order valence-electron chi connectivity index (χ0n) is 19.3. The van der Waals surface area contributed by atoms with E-state index in [2.05, 4.69) is 10.3 Å². The lowest BCUT2D eigenvalue weighted by atomic mass is 9.95. The molecule has 2 amide bonds. The van der Waals surface area contributed by atoms with Crippen molar-refractivity contribution in [2.24, 2.45) is 5.92 Å². The number of rotatable bonds is 4. The summed E-state index contributed by atoms with van der Waals surface area (Å²) in [6, 6.07) is 10.8. The van der Waals surface area contributed by atoms with Gasteiger partial charge in [0.2, 0.25) is 5.91 Å². The number of fused-ring (bicyclic) bond motifs is 1. The summed E-state index contributed by atoms with van der Waals surface area (Å²) < 4.78 is 34.9. The van der Waals surface area contributed by atoms with Gasteiger partial charge >= 0.3 is 0 Å². The van der Waals surface area contributed by atoms with Crippen molar-refractivity contribution in [2.45, 2.75) is 39.0 Å². The second-order valence-corrected chi connectivity index (χ2v) is 9.01. The van der Waals surface area contributed by atoms with E-state index in [1.54, 1.807) is 42.4 Å². The lowest BCUT2D eigenvalue weighted by Crippen LogP contribution is -2.42. The number of benzene rings is 2. The highest BCUT2D eigenvalue weighted by molar-refractivity contribution is 5.95. The van der Waals surface area contributed by atoms with E-state index in [0.29, 0.717) is 49.4 Å².